The molecule has 0 spiro atoms. The van der Waals surface area contributed by atoms with Crippen molar-refractivity contribution in [3.8, 4) is 0 Å². The van der Waals surface area contributed by atoms with Crippen LogP contribution < -0.4 is 5.32 Å². The molecular weight excluding hydrogens is 302 g/mol. The van der Waals surface area contributed by atoms with Crippen LogP contribution >= 0.6 is 15.9 Å². The van der Waals surface area contributed by atoms with Crippen molar-refractivity contribution in [3.05, 3.63) is 35.4 Å². The van der Waals surface area contributed by atoms with Crippen molar-refractivity contribution in [1.82, 2.24) is 5.32 Å². The number of aryl methyl sites for hydroxylation is 1. The minimum Gasteiger partial charge on any atom is -0.355 e. The van der Waals surface area contributed by atoms with Gasteiger partial charge in [0.15, 0.2) is 0 Å². The molecule has 0 aliphatic heterocycles. The van der Waals surface area contributed by atoms with Gasteiger partial charge < -0.3 is 5.32 Å². The Hall–Kier alpha value is -0.830. The van der Waals surface area contributed by atoms with Crippen LogP contribution in [0.5, 0.6) is 0 Å². The van der Waals surface area contributed by atoms with Crippen LogP contribution in [0.15, 0.2) is 24.3 Å². The van der Waals surface area contributed by atoms with E-state index in [0.29, 0.717) is 17.8 Å². The van der Waals surface area contributed by atoms with E-state index in [0.717, 1.165) is 12.0 Å². The minimum absolute atomic E-state index is 0.0904. The van der Waals surface area contributed by atoms with Crippen molar-refractivity contribution >= 4 is 21.8 Å². The average molecular weight is 326 g/mol. The average Bonchev–Trinajstić information content (AvgIpc) is 2.27. The van der Waals surface area contributed by atoms with E-state index >= 15 is 0 Å². The molecule has 0 aliphatic rings. The summed E-state index contributed by atoms with van der Waals surface area (Å²) in [6.07, 6.45) is 1.50. The lowest BCUT2D eigenvalue weighted by Gasteiger charge is -2.22. The Bertz CT molecular complexity index is 423. The van der Waals surface area contributed by atoms with Crippen LogP contribution in [-0.4, -0.2) is 17.3 Å². The maximum Gasteiger partial charge on any atom is 0.224 e. The van der Waals surface area contributed by atoms with Crippen LogP contribution in [0.25, 0.3) is 0 Å². The molecule has 19 heavy (non-hydrogen) atoms. The van der Waals surface area contributed by atoms with Crippen LogP contribution in [0, 0.1) is 12.3 Å². The fourth-order valence-electron chi connectivity index (χ4n) is 2.01. The number of hydrogen-bond donors (Lipinski definition) is 1. The van der Waals surface area contributed by atoms with Gasteiger partial charge in [-0.2, -0.15) is 0 Å². The highest BCUT2D eigenvalue weighted by Crippen LogP contribution is 2.24. The molecule has 2 nitrogen and oxygen atoms in total. The Labute approximate surface area is 125 Å². The normalized spacial score (nSPS) is 13.1. The topological polar surface area (TPSA) is 29.1 Å². The number of hydrogen-bond acceptors (Lipinski definition) is 1. The fraction of sp³-hybridized carbons (Fsp3) is 0.562. The number of benzene rings is 1. The highest BCUT2D eigenvalue weighted by Gasteiger charge is 2.17. The monoisotopic (exact) mass is 325 g/mol. The zero-order valence-electron chi connectivity index (χ0n) is 12.3. The summed E-state index contributed by atoms with van der Waals surface area (Å²) in [4.78, 5) is 12.2. The van der Waals surface area contributed by atoms with E-state index in [-0.39, 0.29) is 11.3 Å². The molecule has 1 rings (SSSR count). The van der Waals surface area contributed by atoms with Gasteiger partial charge in [-0.1, -0.05) is 61.0 Å². The van der Waals surface area contributed by atoms with E-state index in [1.807, 2.05) is 31.2 Å². The maximum absolute atomic E-state index is 11.9. The van der Waals surface area contributed by atoms with Gasteiger partial charge in [0.1, 0.15) is 0 Å². The fourth-order valence-corrected chi connectivity index (χ4v) is 3.14. The number of carbonyl (C=O) groups excluding carboxylic acids is 1. The van der Waals surface area contributed by atoms with E-state index < -0.39 is 0 Å². The van der Waals surface area contributed by atoms with Crippen LogP contribution in [0.1, 0.15) is 38.3 Å². The van der Waals surface area contributed by atoms with Gasteiger partial charge >= 0.3 is 0 Å². The summed E-state index contributed by atoms with van der Waals surface area (Å²) < 4.78 is 0. The van der Waals surface area contributed by atoms with Crippen molar-refractivity contribution in [2.24, 2.45) is 5.41 Å². The summed E-state index contributed by atoms with van der Waals surface area (Å²) in [6, 6.07) is 8.02. The largest absolute Gasteiger partial charge is 0.355 e. The molecule has 0 bridgehead atoms. The molecule has 1 atom stereocenters. The third kappa shape index (κ3) is 6.76. The van der Waals surface area contributed by atoms with Crippen molar-refractivity contribution in [2.75, 3.05) is 6.54 Å². The summed E-state index contributed by atoms with van der Waals surface area (Å²) in [5.74, 6) is 0.0904. The predicted molar refractivity (Wildman–Crippen MR) is 84.7 cm³/mol. The summed E-state index contributed by atoms with van der Waals surface area (Å²) in [5, 5.41) is 2.99. The van der Waals surface area contributed by atoms with Crippen LogP contribution in [-0.2, 0) is 11.2 Å². The Balaban J connectivity index is 2.38. The molecule has 0 aliphatic carbocycles. The van der Waals surface area contributed by atoms with Gasteiger partial charge in [0, 0.05) is 11.4 Å². The van der Waals surface area contributed by atoms with E-state index in [1.165, 1.54) is 5.56 Å². The van der Waals surface area contributed by atoms with Gasteiger partial charge in [0.05, 0.1) is 6.42 Å². The molecule has 1 N–H and O–H groups in total. The van der Waals surface area contributed by atoms with Crippen molar-refractivity contribution < 1.29 is 4.79 Å². The Kier molecular flexibility index (Phi) is 6.05. The summed E-state index contributed by atoms with van der Waals surface area (Å²) in [5.41, 5.74) is 2.54. The summed E-state index contributed by atoms with van der Waals surface area (Å²) in [6.45, 7) is 9.33. The lowest BCUT2D eigenvalue weighted by Crippen LogP contribution is -2.32. The molecule has 1 aromatic carbocycles. The first-order valence-electron chi connectivity index (χ1n) is 6.73. The van der Waals surface area contributed by atoms with Crippen molar-refractivity contribution in [3.63, 3.8) is 0 Å². The zero-order chi connectivity index (χ0) is 14.5. The number of nitrogens with one attached hydrogen (secondary N) is 1. The molecule has 0 aromatic heterocycles. The quantitative estimate of drug-likeness (QED) is 0.818. The number of rotatable bonds is 5. The lowest BCUT2D eigenvalue weighted by atomic mass is 9.90. The number of halogens is 1. The first-order chi connectivity index (χ1) is 8.78. The highest BCUT2D eigenvalue weighted by atomic mass is 79.9. The molecule has 106 valence electrons. The molecule has 0 saturated heterocycles. The third-order valence-electron chi connectivity index (χ3n) is 2.97. The molecule has 1 amide bonds. The minimum atomic E-state index is 0.0904. The lowest BCUT2D eigenvalue weighted by molar-refractivity contribution is -0.120. The zero-order valence-corrected chi connectivity index (χ0v) is 13.9. The van der Waals surface area contributed by atoms with E-state index in [1.54, 1.807) is 0 Å². The van der Waals surface area contributed by atoms with E-state index in [2.05, 4.69) is 42.0 Å². The Morgan fingerprint density at radius 2 is 1.95 bits per heavy atom. The molecule has 1 unspecified atom stereocenters. The van der Waals surface area contributed by atoms with Gasteiger partial charge in [-0.15, -0.1) is 0 Å². The van der Waals surface area contributed by atoms with Crippen molar-refractivity contribution in [1.29, 1.82) is 0 Å². The second-order valence-corrected chi connectivity index (χ2v) is 7.56. The first-order valence-corrected chi connectivity index (χ1v) is 7.65. The highest BCUT2D eigenvalue weighted by molar-refractivity contribution is 9.09. The summed E-state index contributed by atoms with van der Waals surface area (Å²) in [7, 11) is 0. The third-order valence-corrected chi connectivity index (χ3v) is 3.61. The van der Waals surface area contributed by atoms with Crippen LogP contribution in [0.3, 0.4) is 0 Å². The van der Waals surface area contributed by atoms with Gasteiger partial charge in [-0.3, -0.25) is 4.79 Å². The number of alkyl halides is 1. The number of carbonyl (C=O) groups is 1. The van der Waals surface area contributed by atoms with Crippen LogP contribution in [0.2, 0.25) is 0 Å². The van der Waals surface area contributed by atoms with Crippen LogP contribution in [0.4, 0.5) is 0 Å². The second kappa shape index (κ2) is 7.09. The smallest absolute Gasteiger partial charge is 0.224 e. The van der Waals surface area contributed by atoms with E-state index in [4.69, 9.17) is 0 Å². The molecule has 0 saturated carbocycles. The molecule has 0 fully saturated rings. The standard InChI is InChI=1S/C16H24BrNO/c1-12-7-5-6-8-13(12)9-15(19)18-11-14(17)10-16(2,3)4/h5-8,14H,9-11H2,1-4H3,(H,18,19). The Morgan fingerprint density at radius 3 is 2.53 bits per heavy atom. The second-order valence-electron chi connectivity index (χ2n) is 6.27. The van der Waals surface area contributed by atoms with Gasteiger partial charge in [0.25, 0.3) is 0 Å². The maximum atomic E-state index is 11.9. The Morgan fingerprint density at radius 1 is 1.32 bits per heavy atom. The van der Waals surface area contributed by atoms with E-state index in [9.17, 15) is 4.79 Å². The molecule has 3 heteroatoms. The first kappa shape index (κ1) is 16.2. The molecular formula is C16H24BrNO. The molecule has 1 aromatic rings. The van der Waals surface area contributed by atoms with Crippen molar-refractivity contribution in [2.45, 2.75) is 45.4 Å². The molecule has 0 heterocycles. The van der Waals surface area contributed by atoms with Gasteiger partial charge in [-0.25, -0.2) is 0 Å². The molecule has 0 radical (unpaired) electrons. The number of amides is 1. The SMILES string of the molecule is Cc1ccccc1CC(=O)NCC(Br)CC(C)(C)C. The summed E-state index contributed by atoms with van der Waals surface area (Å²) >= 11 is 3.63. The van der Waals surface area contributed by atoms with Gasteiger partial charge in [0.2, 0.25) is 5.91 Å². The predicted octanol–water partition coefficient (Wildman–Crippen LogP) is 3.85. The van der Waals surface area contributed by atoms with Gasteiger partial charge in [-0.05, 0) is 29.9 Å².